The smallest absolute Gasteiger partial charge is 0.263 e. The third kappa shape index (κ3) is 2.96. The highest BCUT2D eigenvalue weighted by atomic mass is 19.1. The van der Waals surface area contributed by atoms with Gasteiger partial charge in [-0.15, -0.1) is 0 Å². The summed E-state index contributed by atoms with van der Waals surface area (Å²) in [7, 11) is 1.59. The van der Waals surface area contributed by atoms with E-state index in [9.17, 15) is 14.0 Å². The summed E-state index contributed by atoms with van der Waals surface area (Å²) in [5.41, 5.74) is 6.89. The molecule has 3 rings (SSSR count). The van der Waals surface area contributed by atoms with Crippen molar-refractivity contribution in [2.24, 2.45) is 7.05 Å². The van der Waals surface area contributed by atoms with Crippen LogP contribution in [0.5, 0.6) is 0 Å². The van der Waals surface area contributed by atoms with Crippen molar-refractivity contribution in [1.29, 1.82) is 0 Å². The minimum atomic E-state index is -0.441. The van der Waals surface area contributed by atoms with Crippen molar-refractivity contribution in [2.75, 3.05) is 5.73 Å². The van der Waals surface area contributed by atoms with Crippen LogP contribution in [-0.4, -0.2) is 14.1 Å². The van der Waals surface area contributed by atoms with Crippen LogP contribution in [0.3, 0.4) is 0 Å². The van der Waals surface area contributed by atoms with E-state index >= 15 is 0 Å². The maximum atomic E-state index is 13.7. The molecule has 0 saturated heterocycles. The van der Waals surface area contributed by atoms with Crippen LogP contribution < -0.4 is 16.9 Å². The number of pyridine rings is 1. The molecule has 0 spiro atoms. The Morgan fingerprint density at radius 1 is 1.16 bits per heavy atom. The highest BCUT2D eigenvalue weighted by Crippen LogP contribution is 2.28. The van der Waals surface area contributed by atoms with E-state index < -0.39 is 5.82 Å². The number of halogens is 1. The molecule has 0 aliphatic rings. The molecule has 3 aromatic rings. The lowest BCUT2D eigenvalue weighted by molar-refractivity contribution is 0.628. The second-order valence-corrected chi connectivity index (χ2v) is 5.62. The summed E-state index contributed by atoms with van der Waals surface area (Å²) in [6.07, 6.45) is 1.56. The molecular weight excluding hydrogens is 323 g/mol. The summed E-state index contributed by atoms with van der Waals surface area (Å²) in [6.45, 7) is 2.13. The maximum Gasteiger partial charge on any atom is 0.263 e. The quantitative estimate of drug-likeness (QED) is 0.791. The van der Waals surface area contributed by atoms with E-state index in [1.807, 2.05) is 0 Å². The first-order valence-corrected chi connectivity index (χ1v) is 7.75. The second kappa shape index (κ2) is 6.35. The minimum Gasteiger partial charge on any atom is -0.369 e. The van der Waals surface area contributed by atoms with Crippen molar-refractivity contribution in [1.82, 2.24) is 14.1 Å². The van der Waals surface area contributed by atoms with Crippen LogP contribution in [0, 0.1) is 5.82 Å². The Morgan fingerprint density at radius 3 is 2.56 bits per heavy atom. The molecule has 2 heterocycles. The molecule has 0 radical (unpaired) electrons. The van der Waals surface area contributed by atoms with Gasteiger partial charge in [-0.2, -0.15) is 0 Å². The van der Waals surface area contributed by atoms with Crippen molar-refractivity contribution in [3.05, 3.63) is 69.1 Å². The van der Waals surface area contributed by atoms with Crippen molar-refractivity contribution in [3.8, 4) is 22.4 Å². The van der Waals surface area contributed by atoms with Gasteiger partial charge >= 0.3 is 0 Å². The van der Waals surface area contributed by atoms with Gasteiger partial charge in [-0.05, 0) is 25.1 Å². The van der Waals surface area contributed by atoms with Crippen LogP contribution in [0.1, 0.15) is 6.92 Å². The maximum absolute atomic E-state index is 13.7. The summed E-state index contributed by atoms with van der Waals surface area (Å²) >= 11 is 0. The second-order valence-electron chi connectivity index (χ2n) is 5.62. The first-order chi connectivity index (χ1) is 11.9. The zero-order valence-corrected chi connectivity index (χ0v) is 13.9. The van der Waals surface area contributed by atoms with Gasteiger partial charge in [-0.3, -0.25) is 14.2 Å². The van der Waals surface area contributed by atoms with Crippen molar-refractivity contribution in [2.45, 2.75) is 13.5 Å². The number of nitrogens with two attached hydrogens (primary N) is 1. The Morgan fingerprint density at radius 2 is 1.92 bits per heavy atom. The lowest BCUT2D eigenvalue weighted by Crippen LogP contribution is -2.26. The molecule has 0 amide bonds. The van der Waals surface area contributed by atoms with E-state index in [1.165, 1.54) is 27.3 Å². The molecule has 0 aliphatic carbocycles. The summed E-state index contributed by atoms with van der Waals surface area (Å²) in [5, 5.41) is 0. The zero-order valence-electron chi connectivity index (χ0n) is 13.9. The third-order valence-corrected chi connectivity index (χ3v) is 3.99. The van der Waals surface area contributed by atoms with Gasteiger partial charge in [0, 0.05) is 37.0 Å². The van der Waals surface area contributed by atoms with E-state index in [0.29, 0.717) is 17.7 Å². The molecule has 0 unspecified atom stereocenters. The average molecular weight is 340 g/mol. The monoisotopic (exact) mass is 340 g/mol. The number of rotatable bonds is 3. The predicted molar refractivity (Wildman–Crippen MR) is 94.7 cm³/mol. The van der Waals surface area contributed by atoms with Gasteiger partial charge in [0.2, 0.25) is 11.5 Å². The zero-order chi connectivity index (χ0) is 18.1. The molecule has 0 bridgehead atoms. The highest BCUT2D eigenvalue weighted by molar-refractivity contribution is 5.80. The van der Waals surface area contributed by atoms with Crippen LogP contribution >= 0.6 is 0 Å². The Balaban J connectivity index is 2.40. The topological polar surface area (TPSA) is 82.9 Å². The number of hydrogen-bond acceptors (Lipinski definition) is 4. The van der Waals surface area contributed by atoms with Gasteiger partial charge in [-0.25, -0.2) is 9.37 Å². The summed E-state index contributed by atoms with van der Waals surface area (Å²) in [4.78, 5) is 28.9. The molecule has 1 aromatic carbocycles. The van der Waals surface area contributed by atoms with Crippen LogP contribution in [0.2, 0.25) is 0 Å². The van der Waals surface area contributed by atoms with Gasteiger partial charge in [-0.1, -0.05) is 12.1 Å². The summed E-state index contributed by atoms with van der Waals surface area (Å²) in [5.74, 6) is -0.385. The lowest BCUT2D eigenvalue weighted by Gasteiger charge is -2.14. The Bertz CT molecular complexity index is 1070. The molecule has 6 nitrogen and oxygen atoms in total. The molecule has 25 heavy (non-hydrogen) atoms. The van der Waals surface area contributed by atoms with E-state index in [4.69, 9.17) is 5.73 Å². The standard InChI is InChI=1S/C18H17FN4O2/c1-3-23-17(25)15(12-7-8-14(24)22(2)10-12)16(21-18(23)20)11-5-4-6-13(19)9-11/h4-10H,3H2,1-2H3,(H2,20,21). The van der Waals surface area contributed by atoms with E-state index in [0.717, 1.165) is 0 Å². The van der Waals surface area contributed by atoms with Gasteiger partial charge in [0.25, 0.3) is 5.56 Å². The molecule has 128 valence electrons. The van der Waals surface area contributed by atoms with Gasteiger partial charge in [0.05, 0.1) is 11.3 Å². The lowest BCUT2D eigenvalue weighted by atomic mass is 10.0. The van der Waals surface area contributed by atoms with Gasteiger partial charge < -0.3 is 10.3 Å². The van der Waals surface area contributed by atoms with Crippen LogP contribution in [0.4, 0.5) is 10.3 Å². The molecule has 2 aromatic heterocycles. The molecule has 0 saturated carbocycles. The number of hydrogen-bond donors (Lipinski definition) is 1. The van der Waals surface area contributed by atoms with Crippen LogP contribution in [0.15, 0.2) is 52.2 Å². The normalized spacial score (nSPS) is 10.8. The number of anilines is 1. The minimum absolute atomic E-state index is 0.0559. The first-order valence-electron chi connectivity index (χ1n) is 7.75. The first kappa shape index (κ1) is 16.6. The largest absolute Gasteiger partial charge is 0.369 e. The summed E-state index contributed by atoms with van der Waals surface area (Å²) in [6, 6.07) is 8.73. The Hall–Kier alpha value is -3.22. The number of aryl methyl sites for hydroxylation is 1. The van der Waals surface area contributed by atoms with Crippen molar-refractivity contribution in [3.63, 3.8) is 0 Å². The van der Waals surface area contributed by atoms with Crippen LogP contribution in [0.25, 0.3) is 22.4 Å². The molecule has 7 heteroatoms. The molecule has 2 N–H and O–H groups in total. The Kier molecular flexibility index (Phi) is 4.22. The number of aromatic nitrogens is 3. The third-order valence-electron chi connectivity index (χ3n) is 3.99. The van der Waals surface area contributed by atoms with Crippen molar-refractivity contribution >= 4 is 5.95 Å². The van der Waals surface area contributed by atoms with Gasteiger partial charge in [0.1, 0.15) is 5.82 Å². The van der Waals surface area contributed by atoms with Crippen LogP contribution in [-0.2, 0) is 13.6 Å². The average Bonchev–Trinajstić information content (AvgIpc) is 2.57. The molecule has 0 fully saturated rings. The molecule has 0 atom stereocenters. The number of nitrogens with zero attached hydrogens (tertiary/aromatic N) is 3. The Labute approximate surface area is 143 Å². The SMILES string of the molecule is CCn1c(N)nc(-c2cccc(F)c2)c(-c2ccc(=O)n(C)c2)c1=O. The van der Waals surface area contributed by atoms with E-state index in [-0.39, 0.29) is 28.3 Å². The summed E-state index contributed by atoms with van der Waals surface area (Å²) < 4.78 is 16.4. The van der Waals surface area contributed by atoms with E-state index in [2.05, 4.69) is 4.98 Å². The highest BCUT2D eigenvalue weighted by Gasteiger charge is 2.18. The molecular formula is C18H17FN4O2. The van der Waals surface area contributed by atoms with Gasteiger partial charge in [0.15, 0.2) is 0 Å². The fourth-order valence-electron chi connectivity index (χ4n) is 2.72. The molecule has 0 aliphatic heterocycles. The fraction of sp³-hybridized carbons (Fsp3) is 0.167. The van der Waals surface area contributed by atoms with E-state index in [1.54, 1.807) is 38.4 Å². The van der Waals surface area contributed by atoms with Crippen molar-refractivity contribution < 1.29 is 4.39 Å². The number of benzene rings is 1. The number of nitrogen functional groups attached to an aromatic ring is 1. The fourth-order valence-corrected chi connectivity index (χ4v) is 2.72. The predicted octanol–water partition coefficient (Wildman–Crippen LogP) is 2.02.